The SMILES string of the molecule is Cc1n[nH]c(=O)c2[nH]c(C3=CC(=N)C(=O)N=N3)nc12. The molecule has 0 aromatic carbocycles. The number of aromatic nitrogens is 4. The third kappa shape index (κ3) is 1.68. The molecule has 0 unspecified atom stereocenters. The van der Waals surface area contributed by atoms with Gasteiger partial charge in [0, 0.05) is 6.08 Å². The third-order valence-corrected chi connectivity index (χ3v) is 2.60. The monoisotopic (exact) mass is 257 g/mol. The lowest BCUT2D eigenvalue weighted by molar-refractivity contribution is -0.112. The van der Waals surface area contributed by atoms with Gasteiger partial charge in [0.15, 0.2) is 5.82 Å². The van der Waals surface area contributed by atoms with E-state index in [9.17, 15) is 9.59 Å². The normalized spacial score (nSPS) is 15.1. The Hall–Kier alpha value is -2.97. The summed E-state index contributed by atoms with van der Waals surface area (Å²) in [4.78, 5) is 29.6. The number of H-pyrrole nitrogens is 2. The summed E-state index contributed by atoms with van der Waals surface area (Å²) in [5.41, 5.74) is 0.768. The van der Waals surface area contributed by atoms with Crippen LogP contribution in [0.2, 0.25) is 0 Å². The van der Waals surface area contributed by atoms with E-state index in [2.05, 4.69) is 30.4 Å². The van der Waals surface area contributed by atoms with E-state index in [1.807, 2.05) is 0 Å². The number of hydrogen-bond acceptors (Lipinski definition) is 6. The van der Waals surface area contributed by atoms with Gasteiger partial charge in [0.05, 0.1) is 5.69 Å². The molecular formula is C10H7N7O2. The molecule has 1 aliphatic heterocycles. The summed E-state index contributed by atoms with van der Waals surface area (Å²) in [6, 6.07) is 0. The van der Waals surface area contributed by atoms with Crippen LogP contribution in [0.1, 0.15) is 11.5 Å². The van der Waals surface area contributed by atoms with Crippen molar-refractivity contribution >= 4 is 28.3 Å². The average molecular weight is 257 g/mol. The van der Waals surface area contributed by atoms with Gasteiger partial charge in [-0.25, -0.2) is 10.1 Å². The first-order chi connectivity index (χ1) is 9.06. The van der Waals surface area contributed by atoms with Crippen LogP contribution < -0.4 is 5.56 Å². The van der Waals surface area contributed by atoms with E-state index >= 15 is 0 Å². The van der Waals surface area contributed by atoms with Crippen LogP contribution in [0, 0.1) is 12.3 Å². The van der Waals surface area contributed by atoms with Crippen molar-refractivity contribution in [3.8, 4) is 0 Å². The number of hydrogen-bond donors (Lipinski definition) is 3. The Morgan fingerprint density at radius 2 is 2.05 bits per heavy atom. The molecule has 3 N–H and O–H groups in total. The fourth-order valence-electron chi connectivity index (χ4n) is 1.66. The van der Waals surface area contributed by atoms with Crippen molar-refractivity contribution in [3.05, 3.63) is 27.9 Å². The summed E-state index contributed by atoms with van der Waals surface area (Å²) in [5.74, 6) is -0.451. The Morgan fingerprint density at radius 1 is 1.26 bits per heavy atom. The number of aryl methyl sites for hydroxylation is 1. The molecule has 9 nitrogen and oxygen atoms in total. The van der Waals surface area contributed by atoms with Gasteiger partial charge < -0.3 is 4.98 Å². The van der Waals surface area contributed by atoms with Crippen molar-refractivity contribution < 1.29 is 4.79 Å². The first kappa shape index (κ1) is 11.1. The molecule has 0 aliphatic carbocycles. The molecule has 2 aromatic rings. The standard InChI is InChI=1S/C10H7N7O2/c1-3-6-7(10(19)17-14-3)13-8(12-6)5-2-4(11)9(18)16-15-5/h2,11H,1H3,(H,12,13)(H,17,19). The zero-order valence-electron chi connectivity index (χ0n) is 9.68. The Morgan fingerprint density at radius 3 is 2.74 bits per heavy atom. The summed E-state index contributed by atoms with van der Waals surface area (Å²) >= 11 is 0. The molecular weight excluding hydrogens is 250 g/mol. The Bertz CT molecular complexity index is 839. The minimum absolute atomic E-state index is 0.222. The fourth-order valence-corrected chi connectivity index (χ4v) is 1.66. The number of rotatable bonds is 1. The molecule has 1 aliphatic rings. The van der Waals surface area contributed by atoms with Crippen molar-refractivity contribution in [1.29, 1.82) is 5.41 Å². The highest BCUT2D eigenvalue weighted by atomic mass is 16.2. The minimum atomic E-state index is -0.712. The summed E-state index contributed by atoms with van der Waals surface area (Å²) < 4.78 is 0. The van der Waals surface area contributed by atoms with Crippen LogP contribution in [0.3, 0.4) is 0 Å². The number of imidazole rings is 1. The first-order valence-electron chi connectivity index (χ1n) is 5.28. The van der Waals surface area contributed by atoms with Gasteiger partial charge in [0.1, 0.15) is 22.4 Å². The fraction of sp³-hybridized carbons (Fsp3) is 0.100. The van der Waals surface area contributed by atoms with Crippen LogP contribution in [-0.4, -0.2) is 31.8 Å². The highest BCUT2D eigenvalue weighted by Crippen LogP contribution is 2.19. The van der Waals surface area contributed by atoms with E-state index in [4.69, 9.17) is 5.41 Å². The summed E-state index contributed by atoms with van der Waals surface area (Å²) in [5, 5.41) is 20.5. The molecule has 9 heteroatoms. The molecule has 0 bridgehead atoms. The van der Waals surface area contributed by atoms with E-state index in [1.54, 1.807) is 6.92 Å². The second kappa shape index (κ2) is 3.77. The zero-order valence-corrected chi connectivity index (χ0v) is 9.68. The van der Waals surface area contributed by atoms with E-state index < -0.39 is 11.5 Å². The van der Waals surface area contributed by atoms with Gasteiger partial charge in [-0.2, -0.15) is 5.10 Å². The lowest BCUT2D eigenvalue weighted by Gasteiger charge is -2.00. The van der Waals surface area contributed by atoms with Gasteiger partial charge in [-0.05, 0) is 6.92 Å². The van der Waals surface area contributed by atoms with Gasteiger partial charge in [-0.1, -0.05) is 0 Å². The molecule has 94 valence electrons. The number of amides is 1. The number of fused-ring (bicyclic) bond motifs is 1. The van der Waals surface area contributed by atoms with Crippen LogP contribution in [0.5, 0.6) is 0 Å². The Balaban J connectivity index is 2.21. The quantitative estimate of drug-likeness (QED) is 0.675. The maximum atomic E-state index is 11.6. The maximum Gasteiger partial charge on any atom is 0.313 e. The Labute approximate surface area is 105 Å². The van der Waals surface area contributed by atoms with Gasteiger partial charge in [0.25, 0.3) is 5.56 Å². The molecule has 0 spiro atoms. The maximum absolute atomic E-state index is 11.6. The summed E-state index contributed by atoms with van der Waals surface area (Å²) in [6.07, 6.45) is 1.24. The topological polar surface area (TPSA) is 140 Å². The van der Waals surface area contributed by atoms with Gasteiger partial charge in [-0.15, -0.1) is 10.2 Å². The van der Waals surface area contributed by atoms with E-state index in [-0.39, 0.29) is 22.7 Å². The van der Waals surface area contributed by atoms with E-state index in [0.29, 0.717) is 11.2 Å². The average Bonchev–Trinajstić information content (AvgIpc) is 2.83. The predicted molar refractivity (Wildman–Crippen MR) is 64.8 cm³/mol. The largest absolute Gasteiger partial charge is 0.332 e. The number of carbonyl (C=O) groups excluding carboxylic acids is 1. The molecule has 1 amide bonds. The third-order valence-electron chi connectivity index (χ3n) is 2.60. The lowest BCUT2D eigenvalue weighted by Crippen LogP contribution is -2.10. The first-order valence-corrected chi connectivity index (χ1v) is 5.28. The van der Waals surface area contributed by atoms with Crippen LogP contribution in [0.25, 0.3) is 16.7 Å². The van der Waals surface area contributed by atoms with Crippen molar-refractivity contribution in [2.24, 2.45) is 10.2 Å². The molecule has 2 aromatic heterocycles. The van der Waals surface area contributed by atoms with Crippen molar-refractivity contribution in [1.82, 2.24) is 20.2 Å². The molecule has 0 saturated heterocycles. The van der Waals surface area contributed by atoms with Gasteiger partial charge >= 0.3 is 5.91 Å². The second-order valence-electron chi connectivity index (χ2n) is 3.90. The van der Waals surface area contributed by atoms with Crippen molar-refractivity contribution in [2.45, 2.75) is 6.92 Å². The van der Waals surface area contributed by atoms with Crippen LogP contribution in [0.15, 0.2) is 21.1 Å². The summed E-state index contributed by atoms with van der Waals surface area (Å²) in [7, 11) is 0. The predicted octanol–water partition coefficient (Wildman–Crippen LogP) is 0.308. The molecule has 3 heterocycles. The van der Waals surface area contributed by atoms with Crippen molar-refractivity contribution in [2.75, 3.05) is 0 Å². The van der Waals surface area contributed by atoms with Gasteiger partial charge in [-0.3, -0.25) is 15.0 Å². The molecule has 3 rings (SSSR count). The second-order valence-corrected chi connectivity index (χ2v) is 3.90. The van der Waals surface area contributed by atoms with Crippen LogP contribution in [0.4, 0.5) is 0 Å². The lowest BCUT2D eigenvalue weighted by atomic mass is 10.2. The molecule has 0 fully saturated rings. The highest BCUT2D eigenvalue weighted by molar-refractivity contribution is 6.44. The molecule has 19 heavy (non-hydrogen) atoms. The van der Waals surface area contributed by atoms with E-state index in [1.165, 1.54) is 6.08 Å². The summed E-state index contributed by atoms with van der Waals surface area (Å²) in [6.45, 7) is 1.70. The smallest absolute Gasteiger partial charge is 0.313 e. The Kier molecular flexibility index (Phi) is 2.21. The van der Waals surface area contributed by atoms with Crippen LogP contribution >= 0.6 is 0 Å². The molecule has 0 atom stereocenters. The highest BCUT2D eigenvalue weighted by Gasteiger charge is 2.18. The van der Waals surface area contributed by atoms with Gasteiger partial charge in [0.2, 0.25) is 0 Å². The number of azo groups is 1. The van der Waals surface area contributed by atoms with Crippen LogP contribution in [-0.2, 0) is 4.79 Å². The zero-order chi connectivity index (χ0) is 13.6. The number of aromatic amines is 2. The molecule has 0 saturated carbocycles. The molecule has 0 radical (unpaired) electrons. The number of nitrogens with one attached hydrogen (secondary N) is 3. The van der Waals surface area contributed by atoms with Crippen molar-refractivity contribution in [3.63, 3.8) is 0 Å². The van der Waals surface area contributed by atoms with E-state index in [0.717, 1.165) is 0 Å². The number of carbonyl (C=O) groups is 1. The number of nitrogens with zero attached hydrogens (tertiary/aromatic N) is 4. The minimum Gasteiger partial charge on any atom is -0.332 e.